The number of hydrogen-bond donors (Lipinski definition) is 1. The molecule has 8 heteroatoms. The lowest BCUT2D eigenvalue weighted by Gasteiger charge is -2.12. The highest BCUT2D eigenvalue weighted by Crippen LogP contribution is 2.30. The molecular formula is C25H18FN2O5-. The van der Waals surface area contributed by atoms with Crippen molar-refractivity contribution in [3.05, 3.63) is 94.8 Å². The number of nitriles is 1. The molecule has 0 fully saturated rings. The van der Waals surface area contributed by atoms with Gasteiger partial charge in [0, 0.05) is 5.69 Å². The number of rotatable bonds is 8. The van der Waals surface area contributed by atoms with Gasteiger partial charge in [-0.1, -0.05) is 30.3 Å². The van der Waals surface area contributed by atoms with Crippen molar-refractivity contribution >= 4 is 23.6 Å². The molecule has 0 aromatic heterocycles. The summed E-state index contributed by atoms with van der Waals surface area (Å²) in [5.74, 6) is -1.61. The summed E-state index contributed by atoms with van der Waals surface area (Å²) in [6.45, 7) is 0.197. The molecule has 0 saturated heterocycles. The normalized spacial score (nSPS) is 10.8. The summed E-state index contributed by atoms with van der Waals surface area (Å²) in [5.41, 5.74) is 1.20. The first-order valence-corrected chi connectivity index (χ1v) is 9.69. The molecule has 0 heterocycles. The standard InChI is InChI=1S/C25H19FN2O5/c1-32-23-12-17(7-10-22(23)33-15-16-5-8-20(26)9-6-16)11-19(14-27)24(29)28-21-4-2-3-18(13-21)25(30)31/h2-13H,15H2,1H3,(H,28,29)(H,30,31)/p-1/b19-11+. The zero-order valence-corrected chi connectivity index (χ0v) is 17.5. The van der Waals surface area contributed by atoms with Crippen LogP contribution >= 0.6 is 0 Å². The van der Waals surface area contributed by atoms with Crippen LogP contribution in [0.2, 0.25) is 0 Å². The molecule has 0 aliphatic heterocycles. The number of anilines is 1. The number of methoxy groups -OCH3 is 1. The first-order chi connectivity index (χ1) is 15.9. The van der Waals surface area contributed by atoms with Gasteiger partial charge in [-0.3, -0.25) is 4.79 Å². The number of carbonyl (C=O) groups excluding carboxylic acids is 2. The minimum Gasteiger partial charge on any atom is -0.545 e. The molecule has 0 aliphatic carbocycles. The Morgan fingerprint density at radius 1 is 1.09 bits per heavy atom. The van der Waals surface area contributed by atoms with Crippen molar-refractivity contribution in [1.29, 1.82) is 5.26 Å². The Balaban J connectivity index is 1.75. The molecule has 1 N–H and O–H groups in total. The van der Waals surface area contributed by atoms with E-state index in [1.165, 1.54) is 49.6 Å². The number of nitrogens with zero attached hydrogens (tertiary/aromatic N) is 1. The quantitative estimate of drug-likeness (QED) is 0.421. The van der Waals surface area contributed by atoms with Gasteiger partial charge in [0.25, 0.3) is 5.91 Å². The van der Waals surface area contributed by atoms with E-state index in [0.717, 1.165) is 5.56 Å². The van der Waals surface area contributed by atoms with Gasteiger partial charge < -0.3 is 24.7 Å². The maximum absolute atomic E-state index is 13.0. The zero-order chi connectivity index (χ0) is 23.8. The molecule has 3 rings (SSSR count). The van der Waals surface area contributed by atoms with E-state index in [2.05, 4.69) is 5.32 Å². The van der Waals surface area contributed by atoms with Crippen molar-refractivity contribution in [3.8, 4) is 17.6 Å². The smallest absolute Gasteiger partial charge is 0.266 e. The fourth-order valence-corrected chi connectivity index (χ4v) is 2.87. The second-order valence-corrected chi connectivity index (χ2v) is 6.82. The average molecular weight is 445 g/mol. The first-order valence-electron chi connectivity index (χ1n) is 9.69. The van der Waals surface area contributed by atoms with Crippen molar-refractivity contribution in [3.63, 3.8) is 0 Å². The van der Waals surface area contributed by atoms with Crippen LogP contribution in [0.4, 0.5) is 10.1 Å². The van der Waals surface area contributed by atoms with E-state index >= 15 is 0 Å². The van der Waals surface area contributed by atoms with Crippen LogP contribution in [0.5, 0.6) is 11.5 Å². The van der Waals surface area contributed by atoms with Gasteiger partial charge in [-0.25, -0.2) is 4.39 Å². The summed E-state index contributed by atoms with van der Waals surface area (Å²) >= 11 is 0. The number of carbonyl (C=O) groups is 2. The summed E-state index contributed by atoms with van der Waals surface area (Å²) in [6, 6.07) is 18.1. The Labute approximate surface area is 189 Å². The highest BCUT2D eigenvalue weighted by molar-refractivity contribution is 6.10. The number of amides is 1. The first kappa shape index (κ1) is 23.0. The van der Waals surface area contributed by atoms with Crippen LogP contribution in [0.25, 0.3) is 6.08 Å². The van der Waals surface area contributed by atoms with Crippen molar-refractivity contribution < 1.29 is 28.6 Å². The Morgan fingerprint density at radius 3 is 2.52 bits per heavy atom. The lowest BCUT2D eigenvalue weighted by atomic mass is 10.1. The molecule has 3 aromatic carbocycles. The van der Waals surface area contributed by atoms with Crippen LogP contribution in [0, 0.1) is 17.1 Å². The van der Waals surface area contributed by atoms with Crippen LogP contribution in [0.1, 0.15) is 21.5 Å². The fraction of sp³-hybridized carbons (Fsp3) is 0.0800. The predicted molar refractivity (Wildman–Crippen MR) is 117 cm³/mol. The van der Waals surface area contributed by atoms with Crippen LogP contribution < -0.4 is 19.9 Å². The van der Waals surface area contributed by atoms with Crippen molar-refractivity contribution in [2.45, 2.75) is 6.61 Å². The van der Waals surface area contributed by atoms with E-state index in [1.807, 2.05) is 6.07 Å². The molecular weight excluding hydrogens is 427 g/mol. The van der Waals surface area contributed by atoms with Crippen LogP contribution in [-0.4, -0.2) is 19.0 Å². The van der Waals surface area contributed by atoms with Crippen LogP contribution in [0.3, 0.4) is 0 Å². The third-order valence-corrected chi connectivity index (χ3v) is 4.53. The number of nitrogens with one attached hydrogen (secondary N) is 1. The van der Waals surface area contributed by atoms with E-state index in [4.69, 9.17) is 9.47 Å². The highest BCUT2D eigenvalue weighted by atomic mass is 19.1. The Morgan fingerprint density at radius 2 is 1.85 bits per heavy atom. The Kier molecular flexibility index (Phi) is 7.39. The summed E-state index contributed by atoms with van der Waals surface area (Å²) in [7, 11) is 1.45. The van der Waals surface area contributed by atoms with Gasteiger partial charge in [-0.2, -0.15) is 5.26 Å². The van der Waals surface area contributed by atoms with E-state index in [-0.39, 0.29) is 29.2 Å². The third-order valence-electron chi connectivity index (χ3n) is 4.53. The summed E-state index contributed by atoms with van der Waals surface area (Å²) in [5, 5.41) is 22.9. The van der Waals surface area contributed by atoms with E-state index < -0.39 is 11.9 Å². The Bertz CT molecular complexity index is 1250. The topological polar surface area (TPSA) is 111 Å². The van der Waals surface area contributed by atoms with Crippen molar-refractivity contribution in [1.82, 2.24) is 0 Å². The summed E-state index contributed by atoms with van der Waals surface area (Å²) in [4.78, 5) is 23.5. The molecule has 0 saturated carbocycles. The number of carboxylic acids is 1. The second-order valence-electron chi connectivity index (χ2n) is 6.82. The lowest BCUT2D eigenvalue weighted by molar-refractivity contribution is -0.255. The molecule has 166 valence electrons. The molecule has 0 spiro atoms. The van der Waals surface area contributed by atoms with Gasteiger partial charge in [-0.15, -0.1) is 0 Å². The number of aromatic carboxylic acids is 1. The molecule has 0 radical (unpaired) electrons. The van der Waals surface area contributed by atoms with Gasteiger partial charge >= 0.3 is 0 Å². The zero-order valence-electron chi connectivity index (χ0n) is 17.5. The van der Waals surface area contributed by atoms with E-state index in [9.17, 15) is 24.3 Å². The number of carboxylic acid groups (broad SMARTS) is 1. The maximum atomic E-state index is 13.0. The SMILES string of the molecule is COc1cc(/C=C(\C#N)C(=O)Nc2cccc(C(=O)[O-])c2)ccc1OCc1ccc(F)cc1. The highest BCUT2D eigenvalue weighted by Gasteiger charge is 2.12. The van der Waals surface area contributed by atoms with Crippen LogP contribution in [-0.2, 0) is 11.4 Å². The molecule has 0 bridgehead atoms. The van der Waals surface area contributed by atoms with Crippen molar-refractivity contribution in [2.24, 2.45) is 0 Å². The third kappa shape index (κ3) is 6.18. The molecule has 0 unspecified atom stereocenters. The second kappa shape index (κ2) is 10.6. The van der Waals surface area contributed by atoms with Gasteiger partial charge in [0.2, 0.25) is 0 Å². The average Bonchev–Trinajstić information content (AvgIpc) is 2.82. The number of ether oxygens (including phenoxy) is 2. The van der Waals surface area contributed by atoms with Crippen LogP contribution in [0.15, 0.2) is 72.3 Å². The van der Waals surface area contributed by atoms with Gasteiger partial charge in [0.1, 0.15) is 24.1 Å². The minimum absolute atomic E-state index is 0.101. The number of hydrogen-bond acceptors (Lipinski definition) is 6. The maximum Gasteiger partial charge on any atom is 0.266 e. The van der Waals surface area contributed by atoms with Gasteiger partial charge in [-0.05, 0) is 59.2 Å². The molecule has 1 amide bonds. The predicted octanol–water partition coefficient (Wildman–Crippen LogP) is 3.32. The number of halogens is 1. The molecule has 3 aromatic rings. The molecule has 33 heavy (non-hydrogen) atoms. The van der Waals surface area contributed by atoms with Crippen molar-refractivity contribution in [2.75, 3.05) is 12.4 Å². The summed E-state index contributed by atoms with van der Waals surface area (Å²) < 4.78 is 24.1. The molecule has 0 atom stereocenters. The van der Waals surface area contributed by atoms with E-state index in [1.54, 1.807) is 30.3 Å². The van der Waals surface area contributed by atoms with Gasteiger partial charge in [0.15, 0.2) is 11.5 Å². The largest absolute Gasteiger partial charge is 0.545 e. The Hall–Kier alpha value is -4.64. The van der Waals surface area contributed by atoms with E-state index in [0.29, 0.717) is 17.1 Å². The molecule has 0 aliphatic rings. The molecule has 7 nitrogen and oxygen atoms in total. The minimum atomic E-state index is -1.38. The van der Waals surface area contributed by atoms with Gasteiger partial charge in [0.05, 0.1) is 13.1 Å². The lowest BCUT2D eigenvalue weighted by Crippen LogP contribution is -2.22. The number of benzene rings is 3. The monoisotopic (exact) mass is 445 g/mol. The fourth-order valence-electron chi connectivity index (χ4n) is 2.87. The summed E-state index contributed by atoms with van der Waals surface area (Å²) in [6.07, 6.45) is 1.37.